The normalized spacial score (nSPS) is 10.1. The van der Waals surface area contributed by atoms with Crippen LogP contribution in [-0.2, 0) is 0 Å². The summed E-state index contributed by atoms with van der Waals surface area (Å²) in [7, 11) is 1.39. The van der Waals surface area contributed by atoms with Crippen LogP contribution in [0.2, 0.25) is 5.02 Å². The molecule has 2 aromatic rings. The molecule has 18 heavy (non-hydrogen) atoms. The highest BCUT2D eigenvalue weighted by molar-refractivity contribution is 7.09. The minimum atomic E-state index is -1.10. The van der Waals surface area contributed by atoms with Gasteiger partial charge in [-0.3, -0.25) is 0 Å². The van der Waals surface area contributed by atoms with Gasteiger partial charge in [-0.2, -0.15) is 4.37 Å². The van der Waals surface area contributed by atoms with Crippen molar-refractivity contribution in [1.82, 2.24) is 9.36 Å². The second kappa shape index (κ2) is 5.19. The second-order valence-electron chi connectivity index (χ2n) is 3.21. The van der Waals surface area contributed by atoms with E-state index in [0.29, 0.717) is 10.8 Å². The molecule has 8 heteroatoms. The summed E-state index contributed by atoms with van der Waals surface area (Å²) in [5.74, 6) is -0.880. The molecule has 0 amide bonds. The van der Waals surface area contributed by atoms with E-state index in [4.69, 9.17) is 21.4 Å². The zero-order valence-electron chi connectivity index (χ0n) is 9.18. The van der Waals surface area contributed by atoms with Crippen LogP contribution >= 0.6 is 23.1 Å². The number of halogens is 1. The number of methoxy groups -OCH3 is 1. The highest BCUT2D eigenvalue weighted by atomic mass is 35.5. The number of ether oxygens (including phenoxy) is 1. The summed E-state index contributed by atoms with van der Waals surface area (Å²) < 4.78 is 8.85. The molecule has 0 aliphatic carbocycles. The SMILES string of the molecule is COc1cc(Nc2ncns2)c(Cl)cc1C(=O)O. The third-order valence-corrected chi connectivity index (χ3v) is 3.02. The molecule has 0 fully saturated rings. The van der Waals surface area contributed by atoms with E-state index in [2.05, 4.69) is 14.7 Å². The zero-order valence-corrected chi connectivity index (χ0v) is 10.7. The van der Waals surface area contributed by atoms with Gasteiger partial charge in [-0.15, -0.1) is 0 Å². The minimum absolute atomic E-state index is 0.00492. The lowest BCUT2D eigenvalue weighted by molar-refractivity contribution is 0.0693. The molecule has 0 unspecified atom stereocenters. The Labute approximate surface area is 111 Å². The van der Waals surface area contributed by atoms with Crippen LogP contribution in [0.25, 0.3) is 0 Å². The van der Waals surface area contributed by atoms with Crippen LogP contribution < -0.4 is 10.1 Å². The van der Waals surface area contributed by atoms with Crippen molar-refractivity contribution in [3.05, 3.63) is 29.0 Å². The van der Waals surface area contributed by atoms with Gasteiger partial charge in [0.05, 0.1) is 17.8 Å². The van der Waals surface area contributed by atoms with E-state index < -0.39 is 5.97 Å². The highest BCUT2D eigenvalue weighted by Crippen LogP contribution is 2.33. The molecule has 1 aromatic carbocycles. The molecular formula is C10H8ClN3O3S. The summed E-state index contributed by atoms with van der Waals surface area (Å²) in [4.78, 5) is 14.9. The number of hydrogen-bond donors (Lipinski definition) is 2. The average molecular weight is 286 g/mol. The maximum absolute atomic E-state index is 11.0. The van der Waals surface area contributed by atoms with E-state index >= 15 is 0 Å². The van der Waals surface area contributed by atoms with Crippen molar-refractivity contribution >= 4 is 39.9 Å². The largest absolute Gasteiger partial charge is 0.496 e. The lowest BCUT2D eigenvalue weighted by Crippen LogP contribution is -2.02. The fourth-order valence-corrected chi connectivity index (χ4v) is 1.98. The van der Waals surface area contributed by atoms with Crippen LogP contribution in [0.3, 0.4) is 0 Å². The predicted molar refractivity (Wildman–Crippen MR) is 68.2 cm³/mol. The molecule has 0 saturated carbocycles. The first-order valence-corrected chi connectivity index (χ1v) is 5.91. The standard InChI is InChI=1S/C10H8ClN3O3S/c1-17-8-3-7(14-10-12-4-13-18-10)6(11)2-5(8)9(15)16/h2-4H,1H3,(H,15,16)(H,12,13,14). The van der Waals surface area contributed by atoms with E-state index in [0.717, 1.165) is 11.5 Å². The van der Waals surface area contributed by atoms with Crippen LogP contribution in [0.1, 0.15) is 10.4 Å². The van der Waals surface area contributed by atoms with Crippen LogP contribution in [0.15, 0.2) is 18.5 Å². The van der Waals surface area contributed by atoms with Gasteiger partial charge in [0, 0.05) is 17.6 Å². The molecule has 0 radical (unpaired) electrons. The monoisotopic (exact) mass is 285 g/mol. The maximum atomic E-state index is 11.0. The molecule has 94 valence electrons. The van der Waals surface area contributed by atoms with Gasteiger partial charge in [-0.1, -0.05) is 11.6 Å². The number of aromatic carboxylic acids is 1. The number of nitrogens with zero attached hydrogens (tertiary/aromatic N) is 2. The molecule has 0 atom stereocenters. The van der Waals surface area contributed by atoms with Crippen LogP contribution in [-0.4, -0.2) is 27.5 Å². The summed E-state index contributed by atoms with van der Waals surface area (Å²) in [6.45, 7) is 0. The van der Waals surface area contributed by atoms with Gasteiger partial charge >= 0.3 is 5.97 Å². The summed E-state index contributed by atoms with van der Waals surface area (Å²) in [5, 5.41) is 12.7. The van der Waals surface area contributed by atoms with Crippen LogP contribution in [0.4, 0.5) is 10.8 Å². The Morgan fingerprint density at radius 2 is 2.33 bits per heavy atom. The van der Waals surface area contributed by atoms with Gasteiger partial charge in [0.25, 0.3) is 0 Å². The van der Waals surface area contributed by atoms with E-state index in [9.17, 15) is 4.79 Å². The van der Waals surface area contributed by atoms with Crippen molar-refractivity contribution < 1.29 is 14.6 Å². The van der Waals surface area contributed by atoms with E-state index in [1.807, 2.05) is 0 Å². The van der Waals surface area contributed by atoms with Crippen molar-refractivity contribution in [1.29, 1.82) is 0 Å². The van der Waals surface area contributed by atoms with E-state index in [-0.39, 0.29) is 16.3 Å². The fourth-order valence-electron chi connectivity index (χ4n) is 1.33. The highest BCUT2D eigenvalue weighted by Gasteiger charge is 2.15. The Kier molecular flexibility index (Phi) is 3.63. The predicted octanol–water partition coefficient (Wildman–Crippen LogP) is 2.64. The lowest BCUT2D eigenvalue weighted by atomic mass is 10.2. The Bertz CT molecular complexity index is 574. The zero-order chi connectivity index (χ0) is 13.1. The molecule has 2 N–H and O–H groups in total. The number of carboxylic acids is 1. The molecule has 1 heterocycles. The van der Waals surface area contributed by atoms with Crippen LogP contribution in [0, 0.1) is 0 Å². The topological polar surface area (TPSA) is 84.3 Å². The van der Waals surface area contributed by atoms with E-state index in [1.54, 1.807) is 0 Å². The Balaban J connectivity index is 2.40. The van der Waals surface area contributed by atoms with Gasteiger partial charge in [0.15, 0.2) is 0 Å². The van der Waals surface area contributed by atoms with Gasteiger partial charge in [-0.25, -0.2) is 9.78 Å². The molecule has 0 aliphatic rings. The number of hydrogen-bond acceptors (Lipinski definition) is 6. The van der Waals surface area contributed by atoms with E-state index in [1.165, 1.54) is 25.6 Å². The average Bonchev–Trinajstić information content (AvgIpc) is 2.83. The summed E-state index contributed by atoms with van der Waals surface area (Å²) >= 11 is 7.16. The van der Waals surface area contributed by atoms with Crippen molar-refractivity contribution in [2.45, 2.75) is 0 Å². The molecule has 6 nitrogen and oxygen atoms in total. The molecule has 2 rings (SSSR count). The summed E-state index contributed by atoms with van der Waals surface area (Å²) in [5.41, 5.74) is 0.514. The number of rotatable bonds is 4. The number of nitrogens with one attached hydrogen (secondary N) is 1. The second-order valence-corrected chi connectivity index (χ2v) is 4.40. The third kappa shape index (κ3) is 2.52. The number of carbonyl (C=O) groups is 1. The van der Waals surface area contributed by atoms with Gasteiger partial charge in [0.2, 0.25) is 5.13 Å². The molecule has 0 spiro atoms. The third-order valence-electron chi connectivity index (χ3n) is 2.12. The molecule has 1 aromatic heterocycles. The van der Waals surface area contributed by atoms with Crippen molar-refractivity contribution in [3.63, 3.8) is 0 Å². The summed E-state index contributed by atoms with van der Waals surface area (Å²) in [6.07, 6.45) is 1.41. The Morgan fingerprint density at radius 1 is 1.56 bits per heavy atom. The number of anilines is 2. The van der Waals surface area contributed by atoms with Crippen molar-refractivity contribution in [2.24, 2.45) is 0 Å². The quantitative estimate of drug-likeness (QED) is 0.898. The first-order valence-electron chi connectivity index (χ1n) is 4.76. The lowest BCUT2D eigenvalue weighted by Gasteiger charge is -2.10. The molecule has 0 saturated heterocycles. The van der Waals surface area contributed by atoms with Gasteiger partial charge in [0.1, 0.15) is 17.6 Å². The maximum Gasteiger partial charge on any atom is 0.339 e. The first-order chi connectivity index (χ1) is 8.61. The molecule has 0 bridgehead atoms. The number of aromatic nitrogens is 2. The number of carboxylic acid groups (broad SMARTS) is 1. The Morgan fingerprint density at radius 3 is 2.89 bits per heavy atom. The summed E-state index contributed by atoms with van der Waals surface area (Å²) in [6, 6.07) is 2.83. The fraction of sp³-hybridized carbons (Fsp3) is 0.100. The Hall–Kier alpha value is -1.86. The van der Waals surface area contributed by atoms with Gasteiger partial charge < -0.3 is 15.2 Å². The molecule has 0 aliphatic heterocycles. The smallest absolute Gasteiger partial charge is 0.339 e. The van der Waals surface area contributed by atoms with Crippen molar-refractivity contribution in [2.75, 3.05) is 12.4 Å². The molecular weight excluding hydrogens is 278 g/mol. The number of benzene rings is 1. The first kappa shape index (κ1) is 12.6. The van der Waals surface area contributed by atoms with Crippen LogP contribution in [0.5, 0.6) is 5.75 Å². The minimum Gasteiger partial charge on any atom is -0.496 e. The van der Waals surface area contributed by atoms with Crippen molar-refractivity contribution in [3.8, 4) is 5.75 Å². The van der Waals surface area contributed by atoms with Gasteiger partial charge in [-0.05, 0) is 6.07 Å².